The van der Waals surface area contributed by atoms with E-state index in [0.29, 0.717) is 6.04 Å². The van der Waals surface area contributed by atoms with Crippen LogP contribution in [0.25, 0.3) is 0 Å². The second-order valence-electron chi connectivity index (χ2n) is 7.10. The molecule has 3 rings (SSSR count). The Kier molecular flexibility index (Phi) is 6.93. The molecule has 1 aromatic rings. The first kappa shape index (κ1) is 19.1. The van der Waals surface area contributed by atoms with Gasteiger partial charge in [-0.1, -0.05) is 12.1 Å². The number of hydrogen-bond acceptors (Lipinski definition) is 3. The first-order chi connectivity index (χ1) is 11.1. The van der Waals surface area contributed by atoms with Crippen molar-refractivity contribution in [3.63, 3.8) is 0 Å². The van der Waals surface area contributed by atoms with Crippen molar-refractivity contribution in [1.82, 2.24) is 10.6 Å². The van der Waals surface area contributed by atoms with Gasteiger partial charge in [-0.05, 0) is 63.8 Å². The van der Waals surface area contributed by atoms with Crippen LogP contribution in [0.5, 0.6) is 0 Å². The van der Waals surface area contributed by atoms with E-state index in [1.807, 2.05) is 0 Å². The van der Waals surface area contributed by atoms with Crippen LogP contribution in [0.15, 0.2) is 24.3 Å². The average molecular weight is 352 g/mol. The zero-order valence-electron chi connectivity index (χ0n) is 14.8. The van der Waals surface area contributed by atoms with Crippen molar-refractivity contribution in [3.8, 4) is 0 Å². The van der Waals surface area contributed by atoms with Gasteiger partial charge in [-0.3, -0.25) is 4.79 Å². The van der Waals surface area contributed by atoms with Crippen molar-refractivity contribution >= 4 is 24.0 Å². The third-order valence-electron chi connectivity index (χ3n) is 5.19. The van der Waals surface area contributed by atoms with Crippen molar-refractivity contribution in [1.29, 1.82) is 0 Å². The molecule has 0 aromatic heterocycles. The van der Waals surface area contributed by atoms with E-state index < -0.39 is 0 Å². The highest BCUT2D eigenvalue weighted by atomic mass is 35.5. The Morgan fingerprint density at radius 1 is 1.33 bits per heavy atom. The number of carbonyl (C=O) groups is 1. The lowest BCUT2D eigenvalue weighted by Gasteiger charge is -2.28. The van der Waals surface area contributed by atoms with Gasteiger partial charge >= 0.3 is 0 Å². The largest absolute Gasteiger partial charge is 0.372 e. The van der Waals surface area contributed by atoms with Crippen LogP contribution in [-0.4, -0.2) is 31.6 Å². The van der Waals surface area contributed by atoms with E-state index in [1.54, 1.807) is 0 Å². The van der Waals surface area contributed by atoms with Gasteiger partial charge in [0.1, 0.15) is 0 Å². The third-order valence-corrected chi connectivity index (χ3v) is 5.19. The summed E-state index contributed by atoms with van der Waals surface area (Å²) in [4.78, 5) is 15.0. The molecular formula is C19H30ClN3O. The molecule has 5 heteroatoms. The molecule has 0 aliphatic carbocycles. The van der Waals surface area contributed by atoms with E-state index in [4.69, 9.17) is 0 Å². The minimum atomic E-state index is 0. The Morgan fingerprint density at radius 2 is 2.08 bits per heavy atom. The first-order valence-corrected chi connectivity index (χ1v) is 9.02. The van der Waals surface area contributed by atoms with E-state index in [9.17, 15) is 4.79 Å². The fourth-order valence-corrected chi connectivity index (χ4v) is 3.75. The van der Waals surface area contributed by atoms with E-state index in [-0.39, 0.29) is 30.3 Å². The number of piperidine rings is 1. The number of amides is 1. The fourth-order valence-electron chi connectivity index (χ4n) is 3.75. The van der Waals surface area contributed by atoms with Crippen molar-refractivity contribution in [2.24, 2.45) is 5.92 Å². The van der Waals surface area contributed by atoms with Crippen molar-refractivity contribution in [3.05, 3.63) is 29.8 Å². The van der Waals surface area contributed by atoms with E-state index in [2.05, 4.69) is 53.6 Å². The average Bonchev–Trinajstić information content (AvgIpc) is 3.09. The number of benzene rings is 1. The number of halogens is 1. The van der Waals surface area contributed by atoms with E-state index >= 15 is 0 Å². The van der Waals surface area contributed by atoms with Crippen molar-refractivity contribution in [2.45, 2.75) is 51.6 Å². The van der Waals surface area contributed by atoms with Gasteiger partial charge in [0.25, 0.3) is 0 Å². The molecule has 2 aliphatic rings. The predicted molar refractivity (Wildman–Crippen MR) is 102 cm³/mol. The molecular weight excluding hydrogens is 322 g/mol. The number of nitrogens with zero attached hydrogens (tertiary/aromatic N) is 1. The molecule has 24 heavy (non-hydrogen) atoms. The molecule has 0 bridgehead atoms. The summed E-state index contributed by atoms with van der Waals surface area (Å²) < 4.78 is 0. The second-order valence-corrected chi connectivity index (χ2v) is 7.10. The van der Waals surface area contributed by atoms with Gasteiger partial charge in [-0.15, -0.1) is 12.4 Å². The SMILES string of the molecule is CC(NC(=O)[C@H]1CCN[C@@H](C)C1)c1cccc(N2CCCC2)c1.Cl. The zero-order chi connectivity index (χ0) is 16.2. The standard InChI is InChI=1S/C19H29N3O.ClH/c1-14-12-17(8-9-20-14)19(23)21-15(2)16-6-5-7-18(13-16)22-10-3-4-11-22;/h5-7,13-15,17,20H,3-4,8-12H2,1-2H3,(H,21,23);1H/t14-,15?,17-;/m0./s1. The summed E-state index contributed by atoms with van der Waals surface area (Å²) in [7, 11) is 0. The molecule has 3 atom stereocenters. The summed E-state index contributed by atoms with van der Waals surface area (Å²) >= 11 is 0. The van der Waals surface area contributed by atoms with Gasteiger partial charge in [-0.25, -0.2) is 0 Å². The first-order valence-electron chi connectivity index (χ1n) is 9.02. The molecule has 2 N–H and O–H groups in total. The summed E-state index contributed by atoms with van der Waals surface area (Å²) in [5.41, 5.74) is 2.49. The van der Waals surface area contributed by atoms with Gasteiger partial charge in [0.2, 0.25) is 5.91 Å². The number of nitrogens with one attached hydrogen (secondary N) is 2. The van der Waals surface area contributed by atoms with Crippen LogP contribution in [0.1, 0.15) is 51.1 Å². The lowest BCUT2D eigenvalue weighted by atomic mass is 9.92. The molecule has 1 amide bonds. The number of anilines is 1. The van der Waals surface area contributed by atoms with Gasteiger partial charge in [0, 0.05) is 30.7 Å². The summed E-state index contributed by atoms with van der Waals surface area (Å²) in [5, 5.41) is 6.62. The number of carbonyl (C=O) groups excluding carboxylic acids is 1. The van der Waals surface area contributed by atoms with Crippen LogP contribution in [0.3, 0.4) is 0 Å². The predicted octanol–water partition coefficient (Wildman–Crippen LogP) is 3.27. The van der Waals surface area contributed by atoms with Gasteiger partial charge in [-0.2, -0.15) is 0 Å². The normalized spacial score (nSPS) is 25.0. The molecule has 1 unspecified atom stereocenters. The monoisotopic (exact) mass is 351 g/mol. The fraction of sp³-hybridized carbons (Fsp3) is 0.632. The van der Waals surface area contributed by atoms with Gasteiger partial charge < -0.3 is 15.5 Å². The zero-order valence-corrected chi connectivity index (χ0v) is 15.6. The molecule has 2 heterocycles. The molecule has 2 aliphatic heterocycles. The Balaban J connectivity index is 0.00000208. The molecule has 0 radical (unpaired) electrons. The smallest absolute Gasteiger partial charge is 0.223 e. The Morgan fingerprint density at radius 3 is 2.79 bits per heavy atom. The quantitative estimate of drug-likeness (QED) is 0.875. The maximum atomic E-state index is 12.5. The van der Waals surface area contributed by atoms with E-state index in [0.717, 1.165) is 32.5 Å². The van der Waals surface area contributed by atoms with Crippen LogP contribution in [-0.2, 0) is 4.79 Å². The molecule has 1 aromatic carbocycles. The van der Waals surface area contributed by atoms with Crippen LogP contribution in [0, 0.1) is 5.92 Å². The highest BCUT2D eigenvalue weighted by molar-refractivity contribution is 5.85. The molecule has 0 spiro atoms. The van der Waals surface area contributed by atoms with Crippen LogP contribution < -0.4 is 15.5 Å². The Hall–Kier alpha value is -1.26. The topological polar surface area (TPSA) is 44.4 Å². The van der Waals surface area contributed by atoms with Gasteiger partial charge in [0.05, 0.1) is 6.04 Å². The molecule has 2 fully saturated rings. The number of hydrogen-bond donors (Lipinski definition) is 2. The summed E-state index contributed by atoms with van der Waals surface area (Å²) in [5.74, 6) is 0.355. The maximum Gasteiger partial charge on any atom is 0.223 e. The highest BCUT2D eigenvalue weighted by Gasteiger charge is 2.25. The molecule has 0 saturated carbocycles. The lowest BCUT2D eigenvalue weighted by molar-refractivity contribution is -0.126. The van der Waals surface area contributed by atoms with Gasteiger partial charge in [0.15, 0.2) is 0 Å². The van der Waals surface area contributed by atoms with Crippen LogP contribution in [0.4, 0.5) is 5.69 Å². The maximum absolute atomic E-state index is 12.5. The minimum absolute atomic E-state index is 0. The molecule has 134 valence electrons. The third kappa shape index (κ3) is 4.64. The summed E-state index contributed by atoms with van der Waals surface area (Å²) in [6, 6.07) is 9.15. The van der Waals surface area contributed by atoms with Crippen molar-refractivity contribution in [2.75, 3.05) is 24.5 Å². The Labute approximate surface area is 151 Å². The highest BCUT2D eigenvalue weighted by Crippen LogP contribution is 2.25. The summed E-state index contributed by atoms with van der Waals surface area (Å²) in [6.45, 7) is 7.49. The second kappa shape index (κ2) is 8.72. The van der Waals surface area contributed by atoms with E-state index in [1.165, 1.54) is 24.1 Å². The minimum Gasteiger partial charge on any atom is -0.372 e. The molecule has 2 saturated heterocycles. The molecule has 4 nitrogen and oxygen atoms in total. The lowest BCUT2D eigenvalue weighted by Crippen LogP contribution is -2.42. The van der Waals surface area contributed by atoms with Crippen molar-refractivity contribution < 1.29 is 4.79 Å². The Bertz CT molecular complexity index is 545. The summed E-state index contributed by atoms with van der Waals surface area (Å²) in [6.07, 6.45) is 4.44. The van der Waals surface area contributed by atoms with Crippen LogP contribution >= 0.6 is 12.4 Å². The number of rotatable bonds is 4. The van der Waals surface area contributed by atoms with Crippen LogP contribution in [0.2, 0.25) is 0 Å².